The van der Waals surface area contributed by atoms with E-state index in [1.807, 2.05) is 37.3 Å². The Morgan fingerprint density at radius 2 is 1.32 bits per heavy atom. The predicted octanol–water partition coefficient (Wildman–Crippen LogP) is 5.65. The van der Waals surface area contributed by atoms with Crippen LogP contribution in [0.4, 0.5) is 0 Å². The summed E-state index contributed by atoms with van der Waals surface area (Å²) in [5, 5.41) is 4.00. The molecule has 4 aromatic carbocycles. The van der Waals surface area contributed by atoms with Crippen LogP contribution in [0.2, 0.25) is 0 Å². The second-order valence-corrected chi connectivity index (χ2v) is 7.91. The maximum atomic E-state index is 12.4. The van der Waals surface area contributed by atoms with E-state index in [0.717, 1.165) is 11.1 Å². The number of benzene rings is 4. The molecule has 1 amide bonds. The van der Waals surface area contributed by atoms with Crippen molar-refractivity contribution in [2.24, 2.45) is 5.10 Å². The van der Waals surface area contributed by atoms with Crippen molar-refractivity contribution in [1.82, 2.24) is 5.43 Å². The van der Waals surface area contributed by atoms with E-state index < -0.39 is 5.97 Å². The smallest absolute Gasteiger partial charge is 0.343 e. The zero-order chi connectivity index (χ0) is 25.9. The lowest BCUT2D eigenvalue weighted by molar-refractivity contribution is 0.0734. The standard InChI is InChI=1S/C30H26N2O5/c1-2-35-26-18-12-25(13-19-26)30(34)37-28-14-8-22(9-15-28)20-31-32-29(33)24-10-16-27(17-11-24)36-21-23-6-4-3-5-7-23/h3-20H,2,21H2,1H3,(H,32,33). The van der Waals surface area contributed by atoms with Crippen LogP contribution >= 0.6 is 0 Å². The number of hydrazone groups is 1. The van der Waals surface area contributed by atoms with Crippen LogP contribution in [-0.4, -0.2) is 24.7 Å². The second-order valence-electron chi connectivity index (χ2n) is 7.91. The molecule has 0 aliphatic carbocycles. The molecular weight excluding hydrogens is 468 g/mol. The van der Waals surface area contributed by atoms with Crippen LogP contribution in [-0.2, 0) is 6.61 Å². The molecule has 0 saturated carbocycles. The van der Waals surface area contributed by atoms with Gasteiger partial charge >= 0.3 is 5.97 Å². The van der Waals surface area contributed by atoms with E-state index in [4.69, 9.17) is 14.2 Å². The summed E-state index contributed by atoms with van der Waals surface area (Å²) in [5.74, 6) is 0.960. The summed E-state index contributed by atoms with van der Waals surface area (Å²) in [7, 11) is 0. The monoisotopic (exact) mass is 494 g/mol. The third kappa shape index (κ3) is 7.53. The van der Waals surface area contributed by atoms with Gasteiger partial charge in [-0.05, 0) is 90.8 Å². The lowest BCUT2D eigenvalue weighted by atomic mass is 10.2. The van der Waals surface area contributed by atoms with Crippen molar-refractivity contribution < 1.29 is 23.8 Å². The molecule has 1 N–H and O–H groups in total. The Balaban J connectivity index is 1.24. The maximum absolute atomic E-state index is 12.4. The van der Waals surface area contributed by atoms with Gasteiger partial charge in [0.15, 0.2) is 0 Å². The molecule has 7 nitrogen and oxygen atoms in total. The predicted molar refractivity (Wildman–Crippen MR) is 141 cm³/mol. The molecule has 0 saturated heterocycles. The molecule has 37 heavy (non-hydrogen) atoms. The molecular formula is C30H26N2O5. The Labute approximate surface area is 215 Å². The van der Waals surface area contributed by atoms with E-state index in [1.54, 1.807) is 72.8 Å². The molecule has 0 aliphatic heterocycles. The average molecular weight is 495 g/mol. The number of carbonyl (C=O) groups excluding carboxylic acids is 2. The topological polar surface area (TPSA) is 86.2 Å². The average Bonchev–Trinajstić information content (AvgIpc) is 2.94. The van der Waals surface area contributed by atoms with Crippen LogP contribution in [0.5, 0.6) is 17.2 Å². The molecule has 0 heterocycles. The van der Waals surface area contributed by atoms with Crippen molar-refractivity contribution >= 4 is 18.1 Å². The summed E-state index contributed by atoms with van der Waals surface area (Å²) in [6.45, 7) is 2.91. The molecule has 7 heteroatoms. The van der Waals surface area contributed by atoms with E-state index in [-0.39, 0.29) is 5.91 Å². The summed E-state index contributed by atoms with van der Waals surface area (Å²) in [6, 6.07) is 30.2. The van der Waals surface area contributed by atoms with Crippen LogP contribution in [0.1, 0.15) is 38.8 Å². The molecule has 0 atom stereocenters. The molecule has 4 rings (SSSR count). The van der Waals surface area contributed by atoms with Gasteiger partial charge in [0.25, 0.3) is 5.91 Å². The molecule has 0 radical (unpaired) electrons. The Morgan fingerprint density at radius 1 is 0.730 bits per heavy atom. The van der Waals surface area contributed by atoms with Gasteiger partial charge in [0.1, 0.15) is 23.9 Å². The molecule has 4 aromatic rings. The highest BCUT2D eigenvalue weighted by molar-refractivity contribution is 5.95. The first-order valence-corrected chi connectivity index (χ1v) is 11.8. The third-order valence-electron chi connectivity index (χ3n) is 5.24. The van der Waals surface area contributed by atoms with Gasteiger partial charge in [0.05, 0.1) is 18.4 Å². The van der Waals surface area contributed by atoms with Crippen molar-refractivity contribution in [3.05, 3.63) is 125 Å². The number of nitrogens with one attached hydrogen (secondary N) is 1. The van der Waals surface area contributed by atoms with Gasteiger partial charge < -0.3 is 14.2 Å². The van der Waals surface area contributed by atoms with Crippen LogP contribution in [0.3, 0.4) is 0 Å². The number of amides is 1. The van der Waals surface area contributed by atoms with E-state index in [2.05, 4.69) is 10.5 Å². The Morgan fingerprint density at radius 3 is 1.97 bits per heavy atom. The fraction of sp³-hybridized carbons (Fsp3) is 0.100. The highest BCUT2D eigenvalue weighted by Gasteiger charge is 2.09. The first-order valence-electron chi connectivity index (χ1n) is 11.8. The van der Waals surface area contributed by atoms with Crippen molar-refractivity contribution in [3.63, 3.8) is 0 Å². The number of hydrogen-bond acceptors (Lipinski definition) is 6. The molecule has 0 spiro atoms. The highest BCUT2D eigenvalue weighted by Crippen LogP contribution is 2.17. The van der Waals surface area contributed by atoms with E-state index in [0.29, 0.717) is 41.6 Å². The summed E-state index contributed by atoms with van der Waals surface area (Å²) in [6.07, 6.45) is 1.51. The zero-order valence-electron chi connectivity index (χ0n) is 20.3. The van der Waals surface area contributed by atoms with Gasteiger partial charge in [-0.3, -0.25) is 4.79 Å². The van der Waals surface area contributed by atoms with Crippen molar-refractivity contribution in [2.75, 3.05) is 6.61 Å². The van der Waals surface area contributed by atoms with Gasteiger partial charge in [-0.1, -0.05) is 30.3 Å². The number of ether oxygens (including phenoxy) is 3. The normalized spacial score (nSPS) is 10.6. The fourth-order valence-corrected chi connectivity index (χ4v) is 3.32. The van der Waals surface area contributed by atoms with Crippen molar-refractivity contribution in [1.29, 1.82) is 0 Å². The molecule has 0 aromatic heterocycles. The molecule has 0 bridgehead atoms. The lowest BCUT2D eigenvalue weighted by Crippen LogP contribution is -2.17. The number of rotatable bonds is 10. The SMILES string of the molecule is CCOc1ccc(C(=O)Oc2ccc(C=NNC(=O)c3ccc(OCc4ccccc4)cc3)cc2)cc1. The van der Waals surface area contributed by atoms with E-state index in [9.17, 15) is 9.59 Å². The van der Waals surface area contributed by atoms with Crippen LogP contribution in [0.25, 0.3) is 0 Å². The quantitative estimate of drug-likeness (QED) is 0.133. The van der Waals surface area contributed by atoms with E-state index in [1.165, 1.54) is 6.21 Å². The summed E-state index contributed by atoms with van der Waals surface area (Å²) < 4.78 is 16.5. The van der Waals surface area contributed by atoms with Gasteiger partial charge in [-0.25, -0.2) is 10.2 Å². The van der Waals surface area contributed by atoms with Gasteiger partial charge in [0.2, 0.25) is 0 Å². The summed E-state index contributed by atoms with van der Waals surface area (Å²) in [5.41, 5.74) is 5.18. The number of hydrogen-bond donors (Lipinski definition) is 1. The molecule has 0 unspecified atom stereocenters. The molecule has 0 fully saturated rings. The first kappa shape index (κ1) is 25.2. The number of nitrogens with zero attached hydrogens (tertiary/aromatic N) is 1. The summed E-state index contributed by atoms with van der Waals surface area (Å²) >= 11 is 0. The minimum atomic E-state index is -0.465. The molecule has 186 valence electrons. The number of carbonyl (C=O) groups is 2. The van der Waals surface area contributed by atoms with Crippen molar-refractivity contribution in [3.8, 4) is 17.2 Å². The Bertz CT molecular complexity index is 1330. The minimum Gasteiger partial charge on any atom is -0.494 e. The first-order chi connectivity index (χ1) is 18.1. The lowest BCUT2D eigenvalue weighted by Gasteiger charge is -2.07. The summed E-state index contributed by atoms with van der Waals surface area (Å²) in [4.78, 5) is 24.7. The van der Waals surface area contributed by atoms with Gasteiger partial charge in [0, 0.05) is 5.56 Å². The van der Waals surface area contributed by atoms with Gasteiger partial charge in [-0.15, -0.1) is 0 Å². The van der Waals surface area contributed by atoms with Gasteiger partial charge in [-0.2, -0.15) is 5.10 Å². The van der Waals surface area contributed by atoms with Crippen LogP contribution < -0.4 is 19.6 Å². The van der Waals surface area contributed by atoms with E-state index >= 15 is 0 Å². The van der Waals surface area contributed by atoms with Crippen LogP contribution in [0.15, 0.2) is 108 Å². The Kier molecular flexibility index (Phi) is 8.64. The largest absolute Gasteiger partial charge is 0.494 e. The third-order valence-corrected chi connectivity index (χ3v) is 5.24. The minimum absolute atomic E-state index is 0.341. The fourth-order valence-electron chi connectivity index (χ4n) is 3.32. The maximum Gasteiger partial charge on any atom is 0.343 e. The molecule has 0 aliphatic rings. The van der Waals surface area contributed by atoms with Crippen molar-refractivity contribution in [2.45, 2.75) is 13.5 Å². The Hall–Kier alpha value is -4.91. The number of esters is 1. The second kappa shape index (κ2) is 12.7. The zero-order valence-corrected chi connectivity index (χ0v) is 20.3. The van der Waals surface area contributed by atoms with Crippen LogP contribution in [0, 0.1) is 0 Å². The highest BCUT2D eigenvalue weighted by atomic mass is 16.5.